The zero-order valence-electron chi connectivity index (χ0n) is 18.1. The fraction of sp³-hybridized carbons (Fsp3) is 0.286. The van der Waals surface area contributed by atoms with Gasteiger partial charge in [0.15, 0.2) is 9.84 Å². The molecule has 11 nitrogen and oxygen atoms in total. The summed E-state index contributed by atoms with van der Waals surface area (Å²) in [6.45, 7) is 2.40. The van der Waals surface area contributed by atoms with Crippen LogP contribution in [-0.2, 0) is 21.1 Å². The van der Waals surface area contributed by atoms with Crippen LogP contribution >= 0.6 is 0 Å². The number of aromatic nitrogens is 2. The Morgan fingerprint density at radius 1 is 1.12 bits per heavy atom. The molecule has 33 heavy (non-hydrogen) atoms. The van der Waals surface area contributed by atoms with E-state index >= 15 is 0 Å². The average molecular weight is 474 g/mol. The number of anilines is 1. The summed E-state index contributed by atoms with van der Waals surface area (Å²) < 4.78 is 28.8. The summed E-state index contributed by atoms with van der Waals surface area (Å²) in [5, 5.41) is 24.7. The van der Waals surface area contributed by atoms with Gasteiger partial charge in [0.2, 0.25) is 17.7 Å². The van der Waals surface area contributed by atoms with E-state index in [0.717, 1.165) is 23.4 Å². The number of nitrogens with zero attached hydrogens (tertiary/aromatic N) is 3. The predicted molar refractivity (Wildman–Crippen MR) is 120 cm³/mol. The molecule has 0 aliphatic heterocycles. The van der Waals surface area contributed by atoms with Crippen molar-refractivity contribution in [3.05, 3.63) is 64.0 Å². The molecule has 3 aromatic rings. The Balaban J connectivity index is 1.46. The van der Waals surface area contributed by atoms with E-state index < -0.39 is 14.8 Å². The normalized spacial score (nSPS) is 11.2. The molecule has 0 spiro atoms. The van der Waals surface area contributed by atoms with Gasteiger partial charge in [-0.2, -0.15) is 0 Å². The monoisotopic (exact) mass is 473 g/mol. The Kier molecular flexibility index (Phi) is 7.38. The van der Waals surface area contributed by atoms with Crippen LogP contribution in [0.2, 0.25) is 0 Å². The Hall–Kier alpha value is -3.80. The molecular formula is C21H23N5O6S. The SMILES string of the molecule is Cc1ccc(-c2nnc(CCC(=O)NCCNc3ccc(S(C)(=O)=O)cc3[N+](=O)[O-])o2)cc1. The van der Waals surface area contributed by atoms with E-state index in [1.165, 1.54) is 12.1 Å². The van der Waals surface area contributed by atoms with Crippen LogP contribution in [-0.4, -0.2) is 48.8 Å². The number of hydrogen-bond acceptors (Lipinski definition) is 9. The van der Waals surface area contributed by atoms with Crippen molar-refractivity contribution in [1.29, 1.82) is 0 Å². The highest BCUT2D eigenvalue weighted by Crippen LogP contribution is 2.27. The molecular weight excluding hydrogens is 450 g/mol. The topological polar surface area (TPSA) is 157 Å². The van der Waals surface area contributed by atoms with Crippen molar-refractivity contribution in [3.63, 3.8) is 0 Å². The number of aryl methyl sites for hydroxylation is 2. The minimum absolute atomic E-state index is 0.138. The molecule has 0 fully saturated rings. The van der Waals surface area contributed by atoms with Gasteiger partial charge in [0.05, 0.1) is 9.82 Å². The molecule has 0 radical (unpaired) electrons. The molecule has 0 bridgehead atoms. The molecule has 1 amide bonds. The Bertz CT molecular complexity index is 1250. The first-order valence-electron chi connectivity index (χ1n) is 10.0. The van der Waals surface area contributed by atoms with Crippen LogP contribution in [0.4, 0.5) is 11.4 Å². The quantitative estimate of drug-likeness (QED) is 0.256. The fourth-order valence-corrected chi connectivity index (χ4v) is 3.56. The van der Waals surface area contributed by atoms with E-state index in [1.54, 1.807) is 0 Å². The highest BCUT2D eigenvalue weighted by molar-refractivity contribution is 7.90. The number of nitrogens with one attached hydrogen (secondary N) is 2. The molecule has 0 saturated heterocycles. The number of sulfone groups is 1. The van der Waals surface area contributed by atoms with Crippen molar-refractivity contribution in [2.24, 2.45) is 0 Å². The lowest BCUT2D eigenvalue weighted by molar-refractivity contribution is -0.384. The third kappa shape index (κ3) is 6.59. The van der Waals surface area contributed by atoms with Crippen molar-refractivity contribution in [2.45, 2.75) is 24.7 Å². The van der Waals surface area contributed by atoms with Crippen molar-refractivity contribution in [1.82, 2.24) is 15.5 Å². The van der Waals surface area contributed by atoms with Gasteiger partial charge < -0.3 is 15.1 Å². The lowest BCUT2D eigenvalue weighted by Crippen LogP contribution is -2.29. The van der Waals surface area contributed by atoms with Crippen LogP contribution in [0.1, 0.15) is 17.9 Å². The van der Waals surface area contributed by atoms with Gasteiger partial charge in [0.25, 0.3) is 5.69 Å². The summed E-state index contributed by atoms with van der Waals surface area (Å²) >= 11 is 0. The van der Waals surface area contributed by atoms with Gasteiger partial charge in [0.1, 0.15) is 5.69 Å². The van der Waals surface area contributed by atoms with Gasteiger partial charge in [-0.3, -0.25) is 14.9 Å². The van der Waals surface area contributed by atoms with Gasteiger partial charge in [-0.25, -0.2) is 8.42 Å². The number of carbonyl (C=O) groups is 1. The maximum absolute atomic E-state index is 12.1. The summed E-state index contributed by atoms with van der Waals surface area (Å²) in [4.78, 5) is 22.5. The minimum Gasteiger partial charge on any atom is -0.421 e. The molecule has 2 aromatic carbocycles. The van der Waals surface area contributed by atoms with Crippen molar-refractivity contribution >= 4 is 27.1 Å². The third-order valence-electron chi connectivity index (χ3n) is 4.69. The number of hydrogen-bond donors (Lipinski definition) is 2. The molecule has 0 saturated carbocycles. The van der Waals surface area contributed by atoms with Crippen LogP contribution in [0.5, 0.6) is 0 Å². The van der Waals surface area contributed by atoms with E-state index in [1.807, 2.05) is 31.2 Å². The first-order chi connectivity index (χ1) is 15.6. The van der Waals surface area contributed by atoms with Crippen LogP contribution in [0, 0.1) is 17.0 Å². The van der Waals surface area contributed by atoms with Crippen LogP contribution in [0.15, 0.2) is 51.8 Å². The third-order valence-corrected chi connectivity index (χ3v) is 5.80. The molecule has 12 heteroatoms. The molecule has 1 heterocycles. The van der Waals surface area contributed by atoms with Crippen molar-refractivity contribution in [3.8, 4) is 11.5 Å². The van der Waals surface area contributed by atoms with E-state index in [2.05, 4.69) is 20.8 Å². The van der Waals surface area contributed by atoms with Gasteiger partial charge in [0, 0.05) is 43.8 Å². The molecule has 3 rings (SSSR count). The van der Waals surface area contributed by atoms with E-state index in [4.69, 9.17) is 4.42 Å². The smallest absolute Gasteiger partial charge is 0.293 e. The predicted octanol–water partition coefficient (Wildman–Crippen LogP) is 2.52. The van der Waals surface area contributed by atoms with E-state index in [-0.39, 0.29) is 48.1 Å². The summed E-state index contributed by atoms with van der Waals surface area (Å²) in [7, 11) is -3.56. The zero-order chi connectivity index (χ0) is 24.0. The van der Waals surface area contributed by atoms with Gasteiger partial charge >= 0.3 is 0 Å². The summed E-state index contributed by atoms with van der Waals surface area (Å²) in [6, 6.07) is 11.3. The largest absolute Gasteiger partial charge is 0.421 e. The van der Waals surface area contributed by atoms with Gasteiger partial charge in [-0.1, -0.05) is 17.7 Å². The minimum atomic E-state index is -3.56. The number of carbonyl (C=O) groups excluding carboxylic acids is 1. The maximum Gasteiger partial charge on any atom is 0.293 e. The molecule has 0 aliphatic rings. The second kappa shape index (κ2) is 10.2. The summed E-state index contributed by atoms with van der Waals surface area (Å²) in [6.07, 6.45) is 1.39. The molecule has 0 unspecified atom stereocenters. The van der Waals surface area contributed by atoms with E-state index in [0.29, 0.717) is 11.8 Å². The lowest BCUT2D eigenvalue weighted by atomic mass is 10.1. The standard InChI is InChI=1S/C21H23N5O6S/c1-14-3-5-15(6-4-14)21-25-24-20(32-21)10-9-19(27)23-12-11-22-17-8-7-16(33(2,30)31)13-18(17)26(28)29/h3-8,13,22H,9-12H2,1-2H3,(H,23,27). The number of benzene rings is 2. The van der Waals surface area contributed by atoms with E-state index in [9.17, 15) is 23.3 Å². The second-order valence-electron chi connectivity index (χ2n) is 7.35. The Morgan fingerprint density at radius 3 is 2.52 bits per heavy atom. The van der Waals surface area contributed by atoms with Gasteiger partial charge in [-0.15, -0.1) is 10.2 Å². The summed E-state index contributed by atoms with van der Waals surface area (Å²) in [5.41, 5.74) is 1.72. The highest BCUT2D eigenvalue weighted by atomic mass is 32.2. The fourth-order valence-electron chi connectivity index (χ4n) is 2.92. The highest BCUT2D eigenvalue weighted by Gasteiger charge is 2.18. The zero-order valence-corrected chi connectivity index (χ0v) is 18.9. The van der Waals surface area contributed by atoms with Gasteiger partial charge in [-0.05, 0) is 31.2 Å². The van der Waals surface area contributed by atoms with Crippen molar-refractivity contribution < 1.29 is 22.6 Å². The number of rotatable bonds is 10. The first kappa shape index (κ1) is 23.9. The Morgan fingerprint density at radius 2 is 1.85 bits per heavy atom. The summed E-state index contributed by atoms with van der Waals surface area (Å²) in [5.74, 6) is 0.493. The second-order valence-corrected chi connectivity index (χ2v) is 9.37. The maximum atomic E-state index is 12.1. The van der Waals surface area contributed by atoms with Crippen LogP contribution < -0.4 is 10.6 Å². The number of nitro benzene ring substituents is 1. The van der Waals surface area contributed by atoms with Crippen LogP contribution in [0.3, 0.4) is 0 Å². The first-order valence-corrected chi connectivity index (χ1v) is 11.9. The molecule has 174 valence electrons. The average Bonchev–Trinajstić information content (AvgIpc) is 3.24. The van der Waals surface area contributed by atoms with Crippen molar-refractivity contribution in [2.75, 3.05) is 24.7 Å². The molecule has 0 atom stereocenters. The number of amides is 1. The molecule has 2 N–H and O–H groups in total. The van der Waals surface area contributed by atoms with Crippen LogP contribution in [0.25, 0.3) is 11.5 Å². The Labute approximate surface area is 190 Å². The lowest BCUT2D eigenvalue weighted by Gasteiger charge is -2.09. The molecule has 0 aliphatic carbocycles. The molecule has 1 aromatic heterocycles. The number of nitro groups is 1.